The molecular formula is C17H25N3O2. The van der Waals surface area contributed by atoms with Gasteiger partial charge in [0.15, 0.2) is 0 Å². The number of amides is 1. The van der Waals surface area contributed by atoms with Crippen molar-refractivity contribution < 1.29 is 9.53 Å². The molecule has 0 unspecified atom stereocenters. The van der Waals surface area contributed by atoms with Gasteiger partial charge in [0.1, 0.15) is 0 Å². The van der Waals surface area contributed by atoms with E-state index in [9.17, 15) is 4.79 Å². The van der Waals surface area contributed by atoms with Gasteiger partial charge in [-0.2, -0.15) is 0 Å². The standard InChI is InChI=1S/C17H25N3O2/c1-13(21)20(15-6-7-15)12-16-4-3-9-19(16)11-14-5-8-17(22-2)18-10-14/h5,8,10,15-16H,3-4,6-7,9,11-12H2,1-2H3/t16-/m1/s1. The van der Waals surface area contributed by atoms with Crippen LogP contribution >= 0.6 is 0 Å². The largest absolute Gasteiger partial charge is 0.481 e. The number of nitrogens with zero attached hydrogens (tertiary/aromatic N) is 3. The van der Waals surface area contributed by atoms with Gasteiger partial charge < -0.3 is 9.64 Å². The molecule has 1 saturated carbocycles. The van der Waals surface area contributed by atoms with Gasteiger partial charge in [0, 0.05) is 44.4 Å². The first-order valence-corrected chi connectivity index (χ1v) is 8.17. The average Bonchev–Trinajstić information content (AvgIpc) is 3.27. The van der Waals surface area contributed by atoms with Crippen LogP contribution in [-0.2, 0) is 11.3 Å². The SMILES string of the molecule is COc1ccc(CN2CCC[C@@H]2CN(C(C)=O)C2CC2)cn1. The monoisotopic (exact) mass is 303 g/mol. The molecule has 0 aromatic carbocycles. The lowest BCUT2D eigenvalue weighted by Gasteiger charge is -2.30. The van der Waals surface area contributed by atoms with Gasteiger partial charge in [-0.25, -0.2) is 4.98 Å². The summed E-state index contributed by atoms with van der Waals surface area (Å²) in [5.74, 6) is 0.874. The van der Waals surface area contributed by atoms with E-state index >= 15 is 0 Å². The Morgan fingerprint density at radius 1 is 1.41 bits per heavy atom. The van der Waals surface area contributed by atoms with Crippen molar-refractivity contribution in [3.63, 3.8) is 0 Å². The Kier molecular flexibility index (Phi) is 4.62. The second kappa shape index (κ2) is 6.65. The van der Waals surface area contributed by atoms with Crippen molar-refractivity contribution in [2.24, 2.45) is 0 Å². The molecule has 1 aliphatic carbocycles. The van der Waals surface area contributed by atoms with Crippen LogP contribution in [0.4, 0.5) is 0 Å². The van der Waals surface area contributed by atoms with Gasteiger partial charge in [0.25, 0.3) is 0 Å². The number of pyridine rings is 1. The van der Waals surface area contributed by atoms with Crippen LogP contribution in [0, 0.1) is 0 Å². The second-order valence-corrected chi connectivity index (χ2v) is 6.38. The lowest BCUT2D eigenvalue weighted by atomic mass is 10.2. The van der Waals surface area contributed by atoms with Crippen LogP contribution in [0.2, 0.25) is 0 Å². The van der Waals surface area contributed by atoms with Crippen LogP contribution in [0.5, 0.6) is 5.88 Å². The molecule has 1 saturated heterocycles. The van der Waals surface area contributed by atoms with Crippen LogP contribution in [0.1, 0.15) is 38.2 Å². The van der Waals surface area contributed by atoms with Crippen LogP contribution in [0.3, 0.4) is 0 Å². The van der Waals surface area contributed by atoms with Crippen LogP contribution in [0.15, 0.2) is 18.3 Å². The summed E-state index contributed by atoms with van der Waals surface area (Å²) in [6.45, 7) is 4.58. The minimum absolute atomic E-state index is 0.223. The molecule has 2 heterocycles. The van der Waals surface area contributed by atoms with E-state index in [1.807, 2.05) is 12.3 Å². The molecule has 0 bridgehead atoms. The minimum atomic E-state index is 0.223. The zero-order valence-electron chi connectivity index (χ0n) is 13.5. The molecule has 1 aromatic rings. The third kappa shape index (κ3) is 3.58. The fourth-order valence-corrected chi connectivity index (χ4v) is 3.32. The van der Waals surface area contributed by atoms with E-state index in [0.717, 1.165) is 19.6 Å². The van der Waals surface area contributed by atoms with Gasteiger partial charge in [0.05, 0.1) is 7.11 Å². The van der Waals surface area contributed by atoms with Gasteiger partial charge >= 0.3 is 0 Å². The predicted octanol–water partition coefficient (Wildman–Crippen LogP) is 2.07. The molecule has 22 heavy (non-hydrogen) atoms. The molecule has 5 nitrogen and oxygen atoms in total. The molecule has 2 aliphatic rings. The smallest absolute Gasteiger partial charge is 0.219 e. The Hall–Kier alpha value is -1.62. The lowest BCUT2D eigenvalue weighted by Crippen LogP contribution is -2.43. The van der Waals surface area contributed by atoms with Crippen LogP contribution in [0.25, 0.3) is 0 Å². The minimum Gasteiger partial charge on any atom is -0.481 e. The maximum Gasteiger partial charge on any atom is 0.219 e. The highest BCUT2D eigenvalue weighted by molar-refractivity contribution is 5.74. The Bertz CT molecular complexity index is 513. The third-order valence-electron chi connectivity index (χ3n) is 4.69. The van der Waals surface area contributed by atoms with Gasteiger partial charge in [-0.1, -0.05) is 6.07 Å². The highest BCUT2D eigenvalue weighted by Crippen LogP contribution is 2.29. The fraction of sp³-hybridized carbons (Fsp3) is 0.647. The lowest BCUT2D eigenvalue weighted by molar-refractivity contribution is -0.130. The molecule has 1 aliphatic heterocycles. The number of hydrogen-bond acceptors (Lipinski definition) is 4. The van der Waals surface area contributed by atoms with E-state index < -0.39 is 0 Å². The van der Waals surface area contributed by atoms with Crippen molar-refractivity contribution in [1.82, 2.24) is 14.8 Å². The van der Waals surface area contributed by atoms with Gasteiger partial charge in [0.2, 0.25) is 11.8 Å². The summed E-state index contributed by atoms with van der Waals surface area (Å²) in [4.78, 5) is 20.7. The molecule has 2 fully saturated rings. The Morgan fingerprint density at radius 3 is 2.82 bits per heavy atom. The van der Waals surface area contributed by atoms with Crippen molar-refractivity contribution in [3.8, 4) is 5.88 Å². The highest BCUT2D eigenvalue weighted by Gasteiger charge is 2.35. The predicted molar refractivity (Wildman–Crippen MR) is 84.6 cm³/mol. The Morgan fingerprint density at radius 2 is 2.23 bits per heavy atom. The first-order valence-electron chi connectivity index (χ1n) is 8.17. The highest BCUT2D eigenvalue weighted by atomic mass is 16.5. The molecule has 0 N–H and O–H groups in total. The summed E-state index contributed by atoms with van der Waals surface area (Å²) in [7, 11) is 1.63. The molecular weight excluding hydrogens is 278 g/mol. The van der Waals surface area contributed by atoms with E-state index in [1.165, 1.54) is 31.2 Å². The molecule has 0 radical (unpaired) electrons. The third-order valence-corrected chi connectivity index (χ3v) is 4.69. The first kappa shape index (κ1) is 15.3. The zero-order chi connectivity index (χ0) is 15.5. The maximum absolute atomic E-state index is 11.8. The number of carbonyl (C=O) groups is 1. The summed E-state index contributed by atoms with van der Waals surface area (Å²) in [5, 5.41) is 0. The van der Waals surface area contributed by atoms with Crippen molar-refractivity contribution in [3.05, 3.63) is 23.9 Å². The maximum atomic E-state index is 11.8. The normalized spacial score (nSPS) is 21.8. The van der Waals surface area contributed by atoms with Crippen LogP contribution < -0.4 is 4.74 Å². The number of rotatable bonds is 6. The number of hydrogen-bond donors (Lipinski definition) is 0. The zero-order valence-corrected chi connectivity index (χ0v) is 13.5. The second-order valence-electron chi connectivity index (χ2n) is 6.38. The first-order chi connectivity index (χ1) is 10.7. The number of aromatic nitrogens is 1. The van der Waals surface area contributed by atoms with Gasteiger partial charge in [-0.05, 0) is 37.8 Å². The molecule has 1 amide bonds. The van der Waals surface area contributed by atoms with E-state index in [1.54, 1.807) is 14.0 Å². The van der Waals surface area contributed by atoms with Gasteiger partial charge in [-0.3, -0.25) is 9.69 Å². The molecule has 3 rings (SSSR count). The topological polar surface area (TPSA) is 45.7 Å². The number of carbonyl (C=O) groups excluding carboxylic acids is 1. The van der Waals surface area contributed by atoms with Crippen molar-refractivity contribution in [1.29, 1.82) is 0 Å². The molecule has 5 heteroatoms. The van der Waals surface area contributed by atoms with Crippen molar-refractivity contribution in [2.45, 2.75) is 51.2 Å². The quantitative estimate of drug-likeness (QED) is 0.807. The van der Waals surface area contributed by atoms with E-state index in [-0.39, 0.29) is 5.91 Å². The average molecular weight is 303 g/mol. The molecule has 1 aromatic heterocycles. The summed E-state index contributed by atoms with van der Waals surface area (Å²) >= 11 is 0. The fourth-order valence-electron chi connectivity index (χ4n) is 3.32. The summed E-state index contributed by atoms with van der Waals surface area (Å²) in [6.07, 6.45) is 6.63. The number of methoxy groups -OCH3 is 1. The Labute approximate surface area is 132 Å². The van der Waals surface area contributed by atoms with Crippen molar-refractivity contribution >= 4 is 5.91 Å². The Balaban J connectivity index is 1.60. The van der Waals surface area contributed by atoms with E-state index in [4.69, 9.17) is 4.74 Å². The molecule has 120 valence electrons. The van der Waals surface area contributed by atoms with E-state index in [0.29, 0.717) is 18.0 Å². The summed E-state index contributed by atoms with van der Waals surface area (Å²) in [5.41, 5.74) is 1.20. The van der Waals surface area contributed by atoms with Gasteiger partial charge in [-0.15, -0.1) is 0 Å². The number of ether oxygens (including phenoxy) is 1. The summed E-state index contributed by atoms with van der Waals surface area (Å²) < 4.78 is 5.10. The van der Waals surface area contributed by atoms with E-state index in [2.05, 4.69) is 20.9 Å². The van der Waals surface area contributed by atoms with Crippen LogP contribution in [-0.4, -0.2) is 53.0 Å². The summed E-state index contributed by atoms with van der Waals surface area (Å²) in [6, 6.07) is 4.96. The van der Waals surface area contributed by atoms with Crippen molar-refractivity contribution in [2.75, 3.05) is 20.2 Å². The molecule has 0 spiro atoms. The molecule has 1 atom stereocenters. The number of likely N-dealkylation sites (tertiary alicyclic amines) is 1.